The van der Waals surface area contributed by atoms with Gasteiger partial charge in [0.1, 0.15) is 15.5 Å². The zero-order valence-electron chi connectivity index (χ0n) is 19.4. The van der Waals surface area contributed by atoms with E-state index in [4.69, 9.17) is 15.5 Å². The normalized spacial score (nSPS) is 16.1. The molecule has 0 saturated carbocycles. The number of anilines is 1. The molecule has 6 heteroatoms. The maximum Gasteiger partial charge on any atom is 0.205 e. The number of methoxy groups -OCH3 is 1. The summed E-state index contributed by atoms with van der Waals surface area (Å²) in [5.74, 6) is 1.24. The van der Waals surface area contributed by atoms with Crippen molar-refractivity contribution in [2.45, 2.75) is 40.0 Å². The summed E-state index contributed by atoms with van der Waals surface area (Å²) in [7, 11) is 1.62. The van der Waals surface area contributed by atoms with Crippen molar-refractivity contribution < 1.29 is 9.53 Å². The van der Waals surface area contributed by atoms with Gasteiger partial charge in [0.15, 0.2) is 0 Å². The number of hydrogen-bond donors (Lipinski definition) is 1. The Morgan fingerprint density at radius 1 is 1.18 bits per heavy atom. The number of ether oxygens (including phenoxy) is 1. The van der Waals surface area contributed by atoms with Gasteiger partial charge in [-0.25, -0.2) is 4.98 Å². The van der Waals surface area contributed by atoms with Crippen LogP contribution in [-0.4, -0.2) is 17.9 Å². The third-order valence-corrected chi connectivity index (χ3v) is 8.78. The van der Waals surface area contributed by atoms with Crippen molar-refractivity contribution in [1.29, 1.82) is 0 Å². The number of nitrogens with two attached hydrogens (primary N) is 1. The first kappa shape index (κ1) is 22.1. The van der Waals surface area contributed by atoms with E-state index >= 15 is 0 Å². The van der Waals surface area contributed by atoms with E-state index in [1.807, 2.05) is 0 Å². The highest BCUT2D eigenvalue weighted by Crippen LogP contribution is 2.47. The second-order valence-corrected chi connectivity index (χ2v) is 11.7. The molecule has 5 rings (SSSR count). The quantitative estimate of drug-likeness (QED) is 0.322. The van der Waals surface area contributed by atoms with Gasteiger partial charge in [0.2, 0.25) is 5.78 Å². The van der Waals surface area contributed by atoms with Crippen LogP contribution in [0, 0.1) is 11.3 Å². The topological polar surface area (TPSA) is 65.2 Å². The van der Waals surface area contributed by atoms with Crippen LogP contribution in [0.25, 0.3) is 20.7 Å². The SMILES string of the molecule is COc1ccc(C(=O)c2sc3nc4c(c(-c5cccs5)c3c2N)CCC(C(C)(C)C)C4)cc1. The fourth-order valence-electron chi connectivity index (χ4n) is 4.80. The number of carbonyl (C=O) groups is 1. The van der Waals surface area contributed by atoms with E-state index in [2.05, 4.69) is 38.3 Å². The smallest absolute Gasteiger partial charge is 0.205 e. The molecule has 4 aromatic rings. The summed E-state index contributed by atoms with van der Waals surface area (Å²) in [5.41, 5.74) is 11.7. The molecule has 0 aliphatic heterocycles. The highest BCUT2D eigenvalue weighted by atomic mass is 32.1. The van der Waals surface area contributed by atoms with E-state index in [0.717, 1.165) is 35.2 Å². The molecule has 4 nitrogen and oxygen atoms in total. The van der Waals surface area contributed by atoms with E-state index in [1.54, 1.807) is 42.7 Å². The van der Waals surface area contributed by atoms with Gasteiger partial charge in [-0.15, -0.1) is 22.7 Å². The van der Waals surface area contributed by atoms with Crippen molar-refractivity contribution >= 4 is 44.4 Å². The second kappa shape index (κ2) is 8.26. The van der Waals surface area contributed by atoms with Gasteiger partial charge in [0.05, 0.1) is 12.8 Å². The Morgan fingerprint density at radius 2 is 1.94 bits per heavy atom. The molecule has 3 heterocycles. The van der Waals surface area contributed by atoms with Crippen LogP contribution in [0.15, 0.2) is 41.8 Å². The molecule has 0 bridgehead atoms. The number of thiophene rings is 2. The summed E-state index contributed by atoms with van der Waals surface area (Å²) in [6.45, 7) is 6.95. The third-order valence-electron chi connectivity index (χ3n) is 6.80. The van der Waals surface area contributed by atoms with Gasteiger partial charge < -0.3 is 10.5 Å². The van der Waals surface area contributed by atoms with E-state index < -0.39 is 0 Å². The van der Waals surface area contributed by atoms with E-state index in [1.165, 1.54) is 33.0 Å². The summed E-state index contributed by atoms with van der Waals surface area (Å²) in [4.78, 5) is 21.1. The molecule has 33 heavy (non-hydrogen) atoms. The lowest BCUT2D eigenvalue weighted by Gasteiger charge is -2.35. The Bertz CT molecular complexity index is 1330. The number of fused-ring (bicyclic) bond motifs is 2. The number of pyridine rings is 1. The standard InChI is InChI=1S/C27H28N2O2S2/c1-27(2,3)16-9-12-18-19(14-16)29-26-22(21(18)20-6-5-13-32-20)23(28)25(33-26)24(30)15-7-10-17(31-4)11-8-15/h5-8,10-11,13,16H,9,12,14,28H2,1-4H3. The summed E-state index contributed by atoms with van der Waals surface area (Å²) >= 11 is 3.14. The molecule has 1 atom stereocenters. The number of carbonyl (C=O) groups excluding carboxylic acids is 1. The van der Waals surface area contributed by atoms with Gasteiger partial charge in [-0.1, -0.05) is 26.8 Å². The first-order valence-corrected chi connectivity index (χ1v) is 12.9. The fourth-order valence-corrected chi connectivity index (χ4v) is 6.69. The molecular formula is C27H28N2O2S2. The Kier molecular flexibility index (Phi) is 5.53. The number of aromatic nitrogens is 1. The van der Waals surface area contributed by atoms with Crippen LogP contribution in [0.4, 0.5) is 5.69 Å². The van der Waals surface area contributed by atoms with E-state index in [0.29, 0.717) is 22.0 Å². The molecule has 0 spiro atoms. The van der Waals surface area contributed by atoms with Gasteiger partial charge in [-0.2, -0.15) is 0 Å². The lowest BCUT2D eigenvalue weighted by Crippen LogP contribution is -2.27. The van der Waals surface area contributed by atoms with Gasteiger partial charge in [-0.3, -0.25) is 4.79 Å². The molecule has 1 aromatic carbocycles. The molecule has 0 radical (unpaired) electrons. The van der Waals surface area contributed by atoms with Crippen molar-refractivity contribution in [1.82, 2.24) is 4.98 Å². The summed E-state index contributed by atoms with van der Waals surface area (Å²) in [5, 5.41) is 3.04. The molecule has 0 saturated heterocycles. The lowest BCUT2D eigenvalue weighted by atomic mass is 9.71. The highest BCUT2D eigenvalue weighted by molar-refractivity contribution is 7.21. The molecule has 1 unspecified atom stereocenters. The van der Waals surface area contributed by atoms with Crippen LogP contribution in [0.3, 0.4) is 0 Å². The molecule has 170 valence electrons. The van der Waals surface area contributed by atoms with Crippen molar-refractivity contribution in [2.24, 2.45) is 11.3 Å². The van der Waals surface area contributed by atoms with Crippen molar-refractivity contribution in [3.8, 4) is 16.2 Å². The Balaban J connectivity index is 1.68. The first-order valence-electron chi connectivity index (χ1n) is 11.2. The highest BCUT2D eigenvalue weighted by Gasteiger charge is 2.33. The van der Waals surface area contributed by atoms with E-state index in [-0.39, 0.29) is 11.2 Å². The average molecular weight is 477 g/mol. The molecular weight excluding hydrogens is 448 g/mol. The minimum Gasteiger partial charge on any atom is -0.497 e. The van der Waals surface area contributed by atoms with Crippen molar-refractivity contribution in [3.05, 3.63) is 63.5 Å². The summed E-state index contributed by atoms with van der Waals surface area (Å²) < 4.78 is 5.23. The van der Waals surface area contributed by atoms with Crippen LogP contribution in [0.5, 0.6) is 5.75 Å². The zero-order chi connectivity index (χ0) is 23.3. The molecule has 1 aliphatic carbocycles. The Morgan fingerprint density at radius 3 is 2.58 bits per heavy atom. The summed E-state index contributed by atoms with van der Waals surface area (Å²) in [6, 6.07) is 11.4. The predicted octanol–water partition coefficient (Wildman–Crippen LogP) is 7.00. The minimum absolute atomic E-state index is 0.0687. The van der Waals surface area contributed by atoms with E-state index in [9.17, 15) is 4.79 Å². The van der Waals surface area contributed by atoms with Gasteiger partial charge >= 0.3 is 0 Å². The monoisotopic (exact) mass is 476 g/mol. The minimum atomic E-state index is -0.0687. The number of ketones is 1. The number of hydrogen-bond acceptors (Lipinski definition) is 6. The predicted molar refractivity (Wildman–Crippen MR) is 139 cm³/mol. The van der Waals surface area contributed by atoms with Crippen LogP contribution >= 0.6 is 22.7 Å². The maximum atomic E-state index is 13.4. The second-order valence-electron chi connectivity index (χ2n) is 9.78. The number of nitrogens with zero attached hydrogens (tertiary/aromatic N) is 1. The zero-order valence-corrected chi connectivity index (χ0v) is 21.0. The molecule has 0 fully saturated rings. The molecule has 1 aliphatic rings. The largest absolute Gasteiger partial charge is 0.497 e. The van der Waals surface area contributed by atoms with Crippen LogP contribution in [0.2, 0.25) is 0 Å². The fraction of sp³-hybridized carbons (Fsp3) is 0.333. The Labute approximate surface area is 202 Å². The Hall–Kier alpha value is -2.70. The third kappa shape index (κ3) is 3.85. The average Bonchev–Trinajstić information content (AvgIpc) is 3.45. The van der Waals surface area contributed by atoms with Gasteiger partial charge in [-0.05, 0) is 71.9 Å². The molecule has 0 amide bonds. The van der Waals surface area contributed by atoms with Crippen LogP contribution < -0.4 is 10.5 Å². The van der Waals surface area contributed by atoms with Gasteiger partial charge in [0, 0.05) is 27.1 Å². The number of nitrogen functional groups attached to an aromatic ring is 1. The van der Waals surface area contributed by atoms with Crippen LogP contribution in [-0.2, 0) is 12.8 Å². The summed E-state index contributed by atoms with van der Waals surface area (Å²) in [6.07, 6.45) is 3.10. The maximum absolute atomic E-state index is 13.4. The number of benzene rings is 1. The lowest BCUT2D eigenvalue weighted by molar-refractivity contribution is 0.104. The van der Waals surface area contributed by atoms with Crippen molar-refractivity contribution in [2.75, 3.05) is 12.8 Å². The van der Waals surface area contributed by atoms with Crippen molar-refractivity contribution in [3.63, 3.8) is 0 Å². The van der Waals surface area contributed by atoms with Gasteiger partial charge in [0.25, 0.3) is 0 Å². The molecule has 2 N–H and O–H groups in total. The number of rotatable bonds is 4. The first-order chi connectivity index (χ1) is 15.8. The molecule has 3 aromatic heterocycles. The van der Waals surface area contributed by atoms with Crippen LogP contribution in [0.1, 0.15) is 53.7 Å².